The average molecular weight is 604 g/mol. The molecule has 0 aromatic heterocycles. The highest BCUT2D eigenvalue weighted by atomic mass is 79.9. The number of rotatable bonds is 9. The lowest BCUT2D eigenvalue weighted by Crippen LogP contribution is -2.32. The zero-order valence-electron chi connectivity index (χ0n) is 21.6. The van der Waals surface area contributed by atoms with Crippen LogP contribution in [0.3, 0.4) is 0 Å². The number of amides is 1. The van der Waals surface area contributed by atoms with Crippen molar-refractivity contribution in [3.05, 3.63) is 105 Å². The fraction of sp³-hybridized carbons (Fsp3) is 0.161. The van der Waals surface area contributed by atoms with Crippen molar-refractivity contribution in [2.45, 2.75) is 6.61 Å². The molecule has 39 heavy (non-hydrogen) atoms. The lowest BCUT2D eigenvalue weighted by molar-refractivity contribution is -0.122. The smallest absolute Gasteiger partial charge is 0.266 e. The maximum Gasteiger partial charge on any atom is 0.266 e. The molecule has 1 aliphatic heterocycles. The summed E-state index contributed by atoms with van der Waals surface area (Å²) >= 11 is 4.90. The van der Waals surface area contributed by atoms with Gasteiger partial charge < -0.3 is 14.2 Å². The van der Waals surface area contributed by atoms with Crippen molar-refractivity contribution >= 4 is 61.3 Å². The van der Waals surface area contributed by atoms with Crippen LogP contribution in [0.5, 0.6) is 11.5 Å². The number of thioether (sulfide) groups is 1. The Balaban J connectivity index is 1.43. The molecule has 0 unspecified atom stereocenters. The monoisotopic (exact) mass is 602 g/mol. The second-order valence-electron chi connectivity index (χ2n) is 8.76. The standard InChI is InChI=1S/C31H27BrN2O4S/c1-36-17-16-34-30(35)29(39-31(34)33-25-11-13-26(37-2)14-12-25)19-23-18-24(32)10-15-28(23)38-20-22-8-5-7-21-6-3-4-9-27(21)22/h3-15,18-19H,16-17,20H2,1-2H3/b29-19-,33-31?. The van der Waals surface area contributed by atoms with E-state index in [4.69, 9.17) is 19.2 Å². The number of amidine groups is 1. The third kappa shape index (κ3) is 6.36. The zero-order chi connectivity index (χ0) is 27.2. The van der Waals surface area contributed by atoms with Crippen molar-refractivity contribution in [2.75, 3.05) is 27.4 Å². The summed E-state index contributed by atoms with van der Waals surface area (Å²) < 4.78 is 17.7. The Labute approximate surface area is 240 Å². The first-order valence-corrected chi connectivity index (χ1v) is 14.0. The molecule has 0 N–H and O–H groups in total. The first kappa shape index (κ1) is 27.0. The van der Waals surface area contributed by atoms with Gasteiger partial charge in [-0.15, -0.1) is 0 Å². The molecule has 0 radical (unpaired) electrons. The van der Waals surface area contributed by atoms with Crippen LogP contribution < -0.4 is 9.47 Å². The summed E-state index contributed by atoms with van der Waals surface area (Å²) in [7, 11) is 3.24. The summed E-state index contributed by atoms with van der Waals surface area (Å²) in [6.07, 6.45) is 1.87. The van der Waals surface area contributed by atoms with Gasteiger partial charge in [-0.1, -0.05) is 58.4 Å². The lowest BCUT2D eigenvalue weighted by atomic mass is 10.1. The van der Waals surface area contributed by atoms with E-state index in [-0.39, 0.29) is 5.91 Å². The highest BCUT2D eigenvalue weighted by molar-refractivity contribution is 9.10. The predicted molar refractivity (Wildman–Crippen MR) is 162 cm³/mol. The molecule has 0 saturated carbocycles. The number of methoxy groups -OCH3 is 2. The number of hydrogen-bond acceptors (Lipinski definition) is 6. The van der Waals surface area contributed by atoms with E-state index in [0.29, 0.717) is 35.6 Å². The molecule has 0 aliphatic carbocycles. The molecule has 1 fully saturated rings. The van der Waals surface area contributed by atoms with Gasteiger partial charge in [0.05, 0.1) is 30.9 Å². The van der Waals surface area contributed by atoms with E-state index in [2.05, 4.69) is 40.2 Å². The van der Waals surface area contributed by atoms with Gasteiger partial charge >= 0.3 is 0 Å². The molecule has 6 nitrogen and oxygen atoms in total. The number of aliphatic imine (C=N–C) groups is 1. The molecular formula is C31H27BrN2O4S. The number of hydrogen-bond donors (Lipinski definition) is 0. The van der Waals surface area contributed by atoms with Crippen molar-refractivity contribution in [2.24, 2.45) is 4.99 Å². The van der Waals surface area contributed by atoms with E-state index >= 15 is 0 Å². The molecule has 0 bridgehead atoms. The van der Waals surface area contributed by atoms with Crippen molar-refractivity contribution in [1.82, 2.24) is 4.90 Å². The Bertz CT molecular complexity index is 1550. The van der Waals surface area contributed by atoms with Gasteiger partial charge in [0.1, 0.15) is 18.1 Å². The maximum absolute atomic E-state index is 13.5. The van der Waals surface area contributed by atoms with Crippen LogP contribution in [0.15, 0.2) is 99.3 Å². The fourth-order valence-corrected chi connectivity index (χ4v) is 5.61. The van der Waals surface area contributed by atoms with Gasteiger partial charge in [0.2, 0.25) is 0 Å². The normalized spacial score (nSPS) is 15.5. The van der Waals surface area contributed by atoms with Crippen LogP contribution in [0.1, 0.15) is 11.1 Å². The second-order valence-corrected chi connectivity index (χ2v) is 10.7. The van der Waals surface area contributed by atoms with E-state index in [1.807, 2.05) is 66.7 Å². The predicted octanol–water partition coefficient (Wildman–Crippen LogP) is 7.44. The largest absolute Gasteiger partial charge is 0.497 e. The van der Waals surface area contributed by atoms with E-state index in [0.717, 1.165) is 32.4 Å². The number of benzene rings is 4. The Morgan fingerprint density at radius 1 is 0.974 bits per heavy atom. The van der Waals surface area contributed by atoms with Gasteiger partial charge in [-0.2, -0.15) is 0 Å². The molecule has 1 amide bonds. The maximum atomic E-state index is 13.5. The molecule has 0 spiro atoms. The van der Waals surface area contributed by atoms with Gasteiger partial charge in [0.25, 0.3) is 5.91 Å². The molecule has 4 aromatic carbocycles. The molecule has 0 atom stereocenters. The molecule has 1 aliphatic rings. The summed E-state index contributed by atoms with van der Waals surface area (Å²) in [5.74, 6) is 1.32. The highest BCUT2D eigenvalue weighted by Gasteiger charge is 2.33. The van der Waals surface area contributed by atoms with Crippen LogP contribution in [0.4, 0.5) is 5.69 Å². The number of ether oxygens (including phenoxy) is 3. The van der Waals surface area contributed by atoms with Crippen LogP contribution in [0.2, 0.25) is 0 Å². The molecule has 4 aromatic rings. The van der Waals surface area contributed by atoms with Gasteiger partial charge in [0, 0.05) is 17.1 Å². The van der Waals surface area contributed by atoms with E-state index < -0.39 is 0 Å². The summed E-state index contributed by atoms with van der Waals surface area (Å²) in [6.45, 7) is 1.21. The van der Waals surface area contributed by atoms with Crippen LogP contribution in [0.25, 0.3) is 16.8 Å². The SMILES string of the molecule is COCCN1C(=O)/C(=C/c2cc(Br)ccc2OCc2cccc3ccccc23)SC1=Nc1ccc(OC)cc1. The van der Waals surface area contributed by atoms with Crippen molar-refractivity contribution in [3.63, 3.8) is 0 Å². The Morgan fingerprint density at radius 2 is 1.77 bits per heavy atom. The average Bonchev–Trinajstić information content (AvgIpc) is 3.24. The molecular weight excluding hydrogens is 576 g/mol. The number of nitrogens with zero attached hydrogens (tertiary/aromatic N) is 2. The number of carbonyl (C=O) groups excluding carboxylic acids is 1. The second kappa shape index (κ2) is 12.5. The van der Waals surface area contributed by atoms with E-state index in [1.165, 1.54) is 17.1 Å². The van der Waals surface area contributed by atoms with Crippen LogP contribution in [0, 0.1) is 0 Å². The van der Waals surface area contributed by atoms with Crippen LogP contribution in [-0.2, 0) is 16.1 Å². The fourth-order valence-electron chi connectivity index (χ4n) is 4.22. The van der Waals surface area contributed by atoms with Gasteiger partial charge in [0.15, 0.2) is 5.17 Å². The minimum Gasteiger partial charge on any atom is -0.497 e. The Hall–Kier alpha value is -3.59. The Kier molecular flexibility index (Phi) is 8.66. The molecule has 5 rings (SSSR count). The Morgan fingerprint density at radius 3 is 2.56 bits per heavy atom. The van der Waals surface area contributed by atoms with E-state index in [1.54, 1.807) is 19.1 Å². The van der Waals surface area contributed by atoms with Gasteiger partial charge in [-0.05, 0) is 76.6 Å². The van der Waals surface area contributed by atoms with Gasteiger partial charge in [-0.25, -0.2) is 4.99 Å². The van der Waals surface area contributed by atoms with Gasteiger partial charge in [-0.3, -0.25) is 9.69 Å². The molecule has 1 heterocycles. The summed E-state index contributed by atoms with van der Waals surface area (Å²) in [5.41, 5.74) is 2.63. The minimum absolute atomic E-state index is 0.121. The molecule has 198 valence electrons. The highest BCUT2D eigenvalue weighted by Crippen LogP contribution is 2.36. The van der Waals surface area contributed by atoms with Crippen molar-refractivity contribution < 1.29 is 19.0 Å². The van der Waals surface area contributed by atoms with E-state index in [9.17, 15) is 4.79 Å². The lowest BCUT2D eigenvalue weighted by Gasteiger charge is -2.15. The van der Waals surface area contributed by atoms with Crippen LogP contribution >= 0.6 is 27.7 Å². The summed E-state index contributed by atoms with van der Waals surface area (Å²) in [4.78, 5) is 20.4. The minimum atomic E-state index is -0.121. The molecule has 8 heteroatoms. The number of fused-ring (bicyclic) bond motifs is 1. The zero-order valence-corrected chi connectivity index (χ0v) is 24.0. The topological polar surface area (TPSA) is 60.4 Å². The van der Waals surface area contributed by atoms with Crippen molar-refractivity contribution in [1.29, 1.82) is 0 Å². The molecule has 1 saturated heterocycles. The number of halogens is 1. The van der Waals surface area contributed by atoms with Crippen LogP contribution in [-0.4, -0.2) is 43.3 Å². The number of carbonyl (C=O) groups is 1. The first-order chi connectivity index (χ1) is 19.1. The third-order valence-electron chi connectivity index (χ3n) is 6.23. The summed E-state index contributed by atoms with van der Waals surface area (Å²) in [5, 5.41) is 2.93. The summed E-state index contributed by atoms with van der Waals surface area (Å²) in [6, 6.07) is 27.7. The first-order valence-electron chi connectivity index (χ1n) is 12.4. The third-order valence-corrected chi connectivity index (χ3v) is 7.73. The van der Waals surface area contributed by atoms with Crippen molar-refractivity contribution in [3.8, 4) is 11.5 Å². The quantitative estimate of drug-likeness (QED) is 0.186.